The van der Waals surface area contributed by atoms with Gasteiger partial charge < -0.3 is 14.8 Å². The van der Waals surface area contributed by atoms with E-state index in [2.05, 4.69) is 22.8 Å². The number of benzene rings is 2. The summed E-state index contributed by atoms with van der Waals surface area (Å²) in [4.78, 5) is 24.2. The molecule has 0 aliphatic carbocycles. The zero-order chi connectivity index (χ0) is 22.6. The summed E-state index contributed by atoms with van der Waals surface area (Å²) in [5.41, 5.74) is 5.92. The van der Waals surface area contributed by atoms with Gasteiger partial charge in [0.2, 0.25) is 11.8 Å². The molecule has 0 atom stereocenters. The van der Waals surface area contributed by atoms with Gasteiger partial charge in [-0.3, -0.25) is 9.59 Å². The van der Waals surface area contributed by atoms with Gasteiger partial charge in [0.05, 0.1) is 19.9 Å². The number of hydrogen-bond donors (Lipinski definition) is 2. The molecule has 0 aliphatic rings. The summed E-state index contributed by atoms with van der Waals surface area (Å²) in [5, 5.41) is 6.69. The van der Waals surface area contributed by atoms with Crippen LogP contribution in [0.4, 0.5) is 5.69 Å². The third kappa shape index (κ3) is 7.77. The molecule has 0 spiro atoms. The fraction of sp³-hybridized carbons (Fsp3) is 0.375. The lowest BCUT2D eigenvalue weighted by Crippen LogP contribution is -2.24. The van der Waals surface area contributed by atoms with Crippen molar-refractivity contribution in [2.24, 2.45) is 5.10 Å². The van der Waals surface area contributed by atoms with Crippen molar-refractivity contribution in [3.8, 4) is 11.5 Å². The van der Waals surface area contributed by atoms with Crippen molar-refractivity contribution in [2.45, 2.75) is 46.5 Å². The fourth-order valence-corrected chi connectivity index (χ4v) is 2.86. The second-order valence-electron chi connectivity index (χ2n) is 7.25. The van der Waals surface area contributed by atoms with E-state index in [0.717, 1.165) is 30.4 Å². The van der Waals surface area contributed by atoms with E-state index in [1.165, 1.54) is 6.21 Å². The number of carbonyl (C=O) groups excluding carboxylic acids is 2. The number of unbranched alkanes of at least 4 members (excludes halogenated alkanes) is 2. The Bertz CT molecular complexity index is 925. The van der Waals surface area contributed by atoms with Gasteiger partial charge in [-0.1, -0.05) is 31.9 Å². The zero-order valence-electron chi connectivity index (χ0n) is 18.7. The van der Waals surface area contributed by atoms with E-state index in [4.69, 9.17) is 9.47 Å². The lowest BCUT2D eigenvalue weighted by molar-refractivity contribution is -0.126. The van der Waals surface area contributed by atoms with Crippen molar-refractivity contribution in [3.05, 3.63) is 53.1 Å². The number of ether oxygens (including phenoxy) is 2. The molecule has 31 heavy (non-hydrogen) atoms. The number of hydrazone groups is 1. The molecule has 0 fully saturated rings. The van der Waals surface area contributed by atoms with Gasteiger partial charge in [-0.15, -0.1) is 0 Å². The van der Waals surface area contributed by atoms with Gasteiger partial charge in [-0.25, -0.2) is 5.43 Å². The van der Waals surface area contributed by atoms with Gasteiger partial charge in [0.25, 0.3) is 0 Å². The van der Waals surface area contributed by atoms with Crippen molar-refractivity contribution in [2.75, 3.05) is 19.0 Å². The summed E-state index contributed by atoms with van der Waals surface area (Å²) >= 11 is 0. The molecule has 0 saturated heterocycles. The highest BCUT2D eigenvalue weighted by Gasteiger charge is 2.11. The summed E-state index contributed by atoms with van der Waals surface area (Å²) in [6.07, 6.45) is 4.28. The summed E-state index contributed by atoms with van der Waals surface area (Å²) in [5.74, 6) is 0.259. The summed E-state index contributed by atoms with van der Waals surface area (Å²) < 4.78 is 11.2. The van der Waals surface area contributed by atoms with Crippen LogP contribution < -0.4 is 20.2 Å². The first-order valence-electron chi connectivity index (χ1n) is 10.4. The van der Waals surface area contributed by atoms with Crippen molar-refractivity contribution in [3.63, 3.8) is 0 Å². The highest BCUT2D eigenvalue weighted by Crippen LogP contribution is 2.30. The lowest BCUT2D eigenvalue weighted by Gasteiger charge is -2.13. The largest absolute Gasteiger partial charge is 0.493 e. The van der Waals surface area contributed by atoms with Crippen LogP contribution in [-0.2, 0) is 9.59 Å². The number of para-hydroxylation sites is 1. The standard InChI is InChI=1S/C24H31N3O4/c1-5-6-7-13-31-24-19(9-8-10-21(24)30-4)16-25-27-23(29)15-22(28)26-20-12-11-17(2)18(3)14-20/h8-12,14,16H,5-7,13,15H2,1-4H3,(H,26,28)(H,27,29). The quantitative estimate of drug-likeness (QED) is 0.242. The molecule has 2 N–H and O–H groups in total. The first-order valence-corrected chi connectivity index (χ1v) is 10.4. The van der Waals surface area contributed by atoms with Crippen molar-refractivity contribution in [1.29, 1.82) is 0 Å². The van der Waals surface area contributed by atoms with Crippen LogP contribution in [0.1, 0.15) is 49.3 Å². The first-order chi connectivity index (χ1) is 14.9. The number of methoxy groups -OCH3 is 1. The first kappa shape index (κ1) is 23.9. The van der Waals surface area contributed by atoms with Crippen LogP contribution in [0, 0.1) is 13.8 Å². The van der Waals surface area contributed by atoms with Gasteiger partial charge in [0.1, 0.15) is 6.42 Å². The van der Waals surface area contributed by atoms with E-state index in [1.54, 1.807) is 13.2 Å². The van der Waals surface area contributed by atoms with Crippen LogP contribution in [0.2, 0.25) is 0 Å². The molecule has 0 radical (unpaired) electrons. The Hall–Kier alpha value is -3.35. The molecular weight excluding hydrogens is 394 g/mol. The zero-order valence-corrected chi connectivity index (χ0v) is 18.7. The van der Waals surface area contributed by atoms with Crippen LogP contribution in [0.3, 0.4) is 0 Å². The molecule has 0 bridgehead atoms. The Morgan fingerprint density at radius 3 is 2.58 bits per heavy atom. The van der Waals surface area contributed by atoms with Crippen molar-refractivity contribution in [1.82, 2.24) is 5.43 Å². The maximum absolute atomic E-state index is 12.1. The van der Waals surface area contributed by atoms with E-state index in [9.17, 15) is 9.59 Å². The Labute approximate surface area is 183 Å². The number of amides is 2. The van der Waals surface area contributed by atoms with E-state index in [0.29, 0.717) is 29.4 Å². The van der Waals surface area contributed by atoms with E-state index in [1.807, 2.05) is 44.2 Å². The Kier molecular flexibility index (Phi) is 9.55. The minimum absolute atomic E-state index is 0.331. The third-order valence-corrected chi connectivity index (χ3v) is 4.73. The molecule has 2 aromatic carbocycles. The molecule has 0 unspecified atom stereocenters. The number of hydrogen-bond acceptors (Lipinski definition) is 5. The fourth-order valence-electron chi connectivity index (χ4n) is 2.86. The van der Waals surface area contributed by atoms with E-state index in [-0.39, 0.29) is 6.42 Å². The van der Waals surface area contributed by atoms with Crippen molar-refractivity contribution >= 4 is 23.7 Å². The molecule has 0 aromatic heterocycles. The maximum Gasteiger partial charge on any atom is 0.249 e. The normalized spacial score (nSPS) is 10.7. The number of carbonyl (C=O) groups is 2. The Morgan fingerprint density at radius 1 is 1.06 bits per heavy atom. The third-order valence-electron chi connectivity index (χ3n) is 4.73. The van der Waals surface area contributed by atoms with Crippen LogP contribution in [-0.4, -0.2) is 31.7 Å². The molecule has 166 valence electrons. The number of nitrogens with one attached hydrogen (secondary N) is 2. The molecule has 2 amide bonds. The SMILES string of the molecule is CCCCCOc1c(C=NNC(=O)CC(=O)Nc2ccc(C)c(C)c2)cccc1OC. The number of anilines is 1. The summed E-state index contributed by atoms with van der Waals surface area (Å²) in [7, 11) is 1.57. The van der Waals surface area contributed by atoms with Gasteiger partial charge in [-0.2, -0.15) is 5.10 Å². The predicted octanol–water partition coefficient (Wildman–Crippen LogP) is 4.36. The van der Waals surface area contributed by atoms with Crippen LogP contribution in [0.5, 0.6) is 11.5 Å². The molecule has 2 rings (SSSR count). The number of aryl methyl sites for hydroxylation is 2. The van der Waals surface area contributed by atoms with Gasteiger partial charge in [0, 0.05) is 11.3 Å². The summed E-state index contributed by atoms with van der Waals surface area (Å²) in [6.45, 7) is 6.66. The molecule has 2 aromatic rings. The molecule has 7 nitrogen and oxygen atoms in total. The van der Waals surface area contributed by atoms with Crippen LogP contribution in [0.15, 0.2) is 41.5 Å². The van der Waals surface area contributed by atoms with Gasteiger partial charge >= 0.3 is 0 Å². The smallest absolute Gasteiger partial charge is 0.249 e. The van der Waals surface area contributed by atoms with Gasteiger partial charge in [0.15, 0.2) is 11.5 Å². The predicted molar refractivity (Wildman–Crippen MR) is 123 cm³/mol. The minimum atomic E-state index is -0.508. The van der Waals surface area contributed by atoms with Crippen molar-refractivity contribution < 1.29 is 19.1 Å². The maximum atomic E-state index is 12.1. The topological polar surface area (TPSA) is 89.0 Å². The monoisotopic (exact) mass is 425 g/mol. The molecule has 0 aliphatic heterocycles. The highest BCUT2D eigenvalue weighted by molar-refractivity contribution is 6.03. The lowest BCUT2D eigenvalue weighted by atomic mass is 10.1. The molecule has 0 saturated carbocycles. The summed E-state index contributed by atoms with van der Waals surface area (Å²) in [6, 6.07) is 11.0. The van der Waals surface area contributed by atoms with E-state index >= 15 is 0 Å². The van der Waals surface area contributed by atoms with Gasteiger partial charge in [-0.05, 0) is 55.7 Å². The van der Waals surface area contributed by atoms with Crippen LogP contribution in [0.25, 0.3) is 0 Å². The van der Waals surface area contributed by atoms with Crippen LogP contribution >= 0.6 is 0 Å². The number of rotatable bonds is 11. The molecule has 7 heteroatoms. The second kappa shape index (κ2) is 12.4. The average molecular weight is 426 g/mol. The average Bonchev–Trinajstić information content (AvgIpc) is 2.74. The Balaban J connectivity index is 1.92. The second-order valence-corrected chi connectivity index (χ2v) is 7.25. The van der Waals surface area contributed by atoms with E-state index < -0.39 is 11.8 Å². The Morgan fingerprint density at radius 2 is 1.87 bits per heavy atom. The molecular formula is C24H31N3O4. The molecule has 0 heterocycles. The number of nitrogens with zero attached hydrogens (tertiary/aromatic N) is 1. The minimum Gasteiger partial charge on any atom is -0.493 e. The highest BCUT2D eigenvalue weighted by atomic mass is 16.5.